The molecule has 1 saturated carbocycles. The van der Waals surface area contributed by atoms with Gasteiger partial charge in [0.15, 0.2) is 0 Å². The number of pyridine rings is 1. The Labute approximate surface area is 201 Å². The number of carbonyl (C=O) groups excluding carboxylic acids is 2. The summed E-state index contributed by atoms with van der Waals surface area (Å²) < 4.78 is 12.4. The van der Waals surface area contributed by atoms with Gasteiger partial charge in [-0.05, 0) is 25.0 Å². The fraction of sp³-hybridized carbons (Fsp3) is 0.375. The normalized spacial score (nSPS) is 20.4. The molecular weight excluding hydrogens is 450 g/mol. The molecule has 0 unspecified atom stereocenters. The van der Waals surface area contributed by atoms with Gasteiger partial charge in [0.1, 0.15) is 5.41 Å². The van der Waals surface area contributed by atoms with Crippen LogP contribution in [0.2, 0.25) is 0 Å². The molecule has 3 aromatic rings. The largest absolute Gasteiger partial charge is 0.481 e. The zero-order valence-electron chi connectivity index (χ0n) is 19.4. The molecule has 35 heavy (non-hydrogen) atoms. The van der Waals surface area contributed by atoms with Gasteiger partial charge in [0, 0.05) is 49.8 Å². The molecule has 11 nitrogen and oxygen atoms in total. The lowest BCUT2D eigenvalue weighted by atomic mass is 10.1. The third-order valence-corrected chi connectivity index (χ3v) is 6.74. The van der Waals surface area contributed by atoms with Gasteiger partial charge in [-0.25, -0.2) is 9.50 Å². The molecule has 0 bridgehead atoms. The summed E-state index contributed by atoms with van der Waals surface area (Å²) in [4.78, 5) is 31.1. The van der Waals surface area contributed by atoms with Crippen LogP contribution in [0, 0.1) is 16.7 Å². The van der Waals surface area contributed by atoms with Crippen LogP contribution in [0.5, 0.6) is 5.88 Å². The Morgan fingerprint density at radius 1 is 1.23 bits per heavy atom. The summed E-state index contributed by atoms with van der Waals surface area (Å²) in [7, 11) is 3.13. The number of aromatic nitrogens is 3. The summed E-state index contributed by atoms with van der Waals surface area (Å²) in [5, 5.41) is 17.2. The quantitative estimate of drug-likeness (QED) is 0.522. The van der Waals surface area contributed by atoms with E-state index in [-0.39, 0.29) is 23.6 Å². The summed E-state index contributed by atoms with van der Waals surface area (Å²) in [5.74, 6) is -0.291. The number of nitriles is 1. The number of primary amides is 1. The number of likely N-dealkylation sites (tertiary alicyclic amines) is 1. The van der Waals surface area contributed by atoms with Crippen molar-refractivity contribution in [3.8, 4) is 23.1 Å². The third kappa shape index (κ3) is 3.91. The number of hydrogen-bond acceptors (Lipinski definition) is 8. The molecule has 3 N–H and O–H groups in total. The van der Waals surface area contributed by atoms with Crippen LogP contribution in [0.3, 0.4) is 0 Å². The minimum atomic E-state index is -0.904. The van der Waals surface area contributed by atoms with Gasteiger partial charge in [0.2, 0.25) is 11.8 Å². The number of hydrogen-bond donors (Lipinski definition) is 2. The van der Waals surface area contributed by atoms with E-state index in [9.17, 15) is 14.9 Å². The van der Waals surface area contributed by atoms with Crippen LogP contribution >= 0.6 is 0 Å². The second-order valence-corrected chi connectivity index (χ2v) is 8.87. The van der Waals surface area contributed by atoms with Crippen molar-refractivity contribution in [2.24, 2.45) is 11.1 Å². The molecule has 3 aromatic heterocycles. The molecular formula is C24H25N7O4. The molecule has 11 heteroatoms. The van der Waals surface area contributed by atoms with Gasteiger partial charge in [-0.2, -0.15) is 10.4 Å². The second kappa shape index (κ2) is 8.56. The van der Waals surface area contributed by atoms with Crippen molar-refractivity contribution in [1.82, 2.24) is 19.5 Å². The molecule has 1 saturated heterocycles. The number of nitrogens with two attached hydrogens (primary N) is 1. The monoisotopic (exact) mass is 475 g/mol. The van der Waals surface area contributed by atoms with E-state index in [0.29, 0.717) is 43.0 Å². The van der Waals surface area contributed by atoms with Crippen LogP contribution in [-0.4, -0.2) is 70.8 Å². The summed E-state index contributed by atoms with van der Waals surface area (Å²) in [6.45, 7) is 0.691. The number of amides is 2. The van der Waals surface area contributed by atoms with Crippen molar-refractivity contribution in [3.63, 3.8) is 0 Å². The molecule has 2 fully saturated rings. The minimum absolute atomic E-state index is 0.168. The van der Waals surface area contributed by atoms with Gasteiger partial charge in [0.05, 0.1) is 48.3 Å². The minimum Gasteiger partial charge on any atom is -0.481 e. The molecule has 5 rings (SSSR count). The van der Waals surface area contributed by atoms with Gasteiger partial charge >= 0.3 is 0 Å². The molecule has 1 aliphatic carbocycles. The fourth-order valence-corrected chi connectivity index (χ4v) is 4.53. The van der Waals surface area contributed by atoms with Crippen LogP contribution in [0.15, 0.2) is 36.8 Å². The Morgan fingerprint density at radius 3 is 2.63 bits per heavy atom. The second-order valence-electron chi connectivity index (χ2n) is 8.87. The third-order valence-electron chi connectivity index (χ3n) is 6.74. The highest BCUT2D eigenvalue weighted by Gasteiger charge is 2.54. The lowest BCUT2D eigenvalue weighted by Crippen LogP contribution is -2.37. The molecule has 0 spiro atoms. The van der Waals surface area contributed by atoms with E-state index in [1.165, 1.54) is 6.20 Å². The number of ether oxygens (including phenoxy) is 2. The molecule has 180 valence electrons. The van der Waals surface area contributed by atoms with E-state index in [0.717, 1.165) is 11.1 Å². The van der Waals surface area contributed by atoms with Gasteiger partial charge < -0.3 is 25.4 Å². The van der Waals surface area contributed by atoms with Crippen molar-refractivity contribution in [1.29, 1.82) is 5.26 Å². The summed E-state index contributed by atoms with van der Waals surface area (Å²) in [6, 6.07) is 7.38. The van der Waals surface area contributed by atoms with Crippen molar-refractivity contribution >= 4 is 23.0 Å². The number of fused-ring (bicyclic) bond motifs is 1. The molecule has 0 aromatic carbocycles. The Morgan fingerprint density at radius 2 is 2.03 bits per heavy atom. The molecule has 2 amide bonds. The van der Waals surface area contributed by atoms with E-state index in [1.54, 1.807) is 35.9 Å². The molecule has 2 atom stereocenters. The Kier molecular flexibility index (Phi) is 5.53. The van der Waals surface area contributed by atoms with Crippen molar-refractivity contribution < 1.29 is 19.1 Å². The van der Waals surface area contributed by atoms with Crippen molar-refractivity contribution in [2.45, 2.75) is 25.0 Å². The molecule has 4 heterocycles. The Balaban J connectivity index is 1.49. The standard InChI is InChI=1S/C24H25N7O4/c1-34-19-12-30(23(33)24(13-25)5-6-24)11-17(19)29-21-16(22(26)32)9-28-31-10-15(7-18(21)31)14-3-4-20(35-2)27-8-14/h3-4,7-10,17,19,29H,5-6,11-12H2,1-2H3,(H2,26,32)/t17-,19-/m1/s1. The Bertz CT molecular complexity index is 1340. The van der Waals surface area contributed by atoms with Crippen LogP contribution in [0.4, 0.5) is 5.69 Å². The number of methoxy groups -OCH3 is 2. The number of nitrogens with zero attached hydrogens (tertiary/aromatic N) is 5. The van der Waals surface area contributed by atoms with E-state index < -0.39 is 11.3 Å². The van der Waals surface area contributed by atoms with Gasteiger partial charge in [-0.3, -0.25) is 9.59 Å². The summed E-state index contributed by atoms with van der Waals surface area (Å²) in [5.41, 5.74) is 7.83. The highest BCUT2D eigenvalue weighted by molar-refractivity contribution is 6.02. The van der Waals surface area contributed by atoms with Gasteiger partial charge in [-0.1, -0.05) is 0 Å². The predicted molar refractivity (Wildman–Crippen MR) is 126 cm³/mol. The summed E-state index contributed by atoms with van der Waals surface area (Å²) in [6.07, 6.45) is 5.78. The first kappa shape index (κ1) is 22.6. The first-order valence-corrected chi connectivity index (χ1v) is 11.2. The van der Waals surface area contributed by atoms with E-state index in [4.69, 9.17) is 15.2 Å². The first-order valence-electron chi connectivity index (χ1n) is 11.2. The Hall–Kier alpha value is -4.17. The van der Waals surface area contributed by atoms with Crippen LogP contribution < -0.4 is 15.8 Å². The van der Waals surface area contributed by atoms with Crippen LogP contribution in [0.25, 0.3) is 16.6 Å². The van der Waals surface area contributed by atoms with E-state index in [1.807, 2.05) is 18.3 Å². The zero-order valence-corrected chi connectivity index (χ0v) is 19.4. The highest BCUT2D eigenvalue weighted by Crippen LogP contribution is 2.47. The highest BCUT2D eigenvalue weighted by atomic mass is 16.5. The van der Waals surface area contributed by atoms with Gasteiger partial charge in [0.25, 0.3) is 5.91 Å². The number of nitrogens with one attached hydrogen (secondary N) is 1. The maximum absolute atomic E-state index is 12.9. The van der Waals surface area contributed by atoms with Crippen LogP contribution in [0.1, 0.15) is 23.2 Å². The van der Waals surface area contributed by atoms with Crippen LogP contribution in [-0.2, 0) is 9.53 Å². The fourth-order valence-electron chi connectivity index (χ4n) is 4.53. The number of carbonyl (C=O) groups is 2. The molecule has 1 aliphatic heterocycles. The van der Waals surface area contributed by atoms with Crippen molar-refractivity contribution in [2.75, 3.05) is 32.6 Å². The van der Waals surface area contributed by atoms with E-state index >= 15 is 0 Å². The lowest BCUT2D eigenvalue weighted by Gasteiger charge is -2.21. The average molecular weight is 476 g/mol. The zero-order chi connectivity index (χ0) is 24.7. The predicted octanol–water partition coefficient (Wildman–Crippen LogP) is 1.45. The lowest BCUT2D eigenvalue weighted by molar-refractivity contribution is -0.134. The van der Waals surface area contributed by atoms with Gasteiger partial charge in [-0.15, -0.1) is 0 Å². The number of rotatable bonds is 7. The molecule has 0 radical (unpaired) electrons. The maximum atomic E-state index is 12.9. The topological polar surface area (TPSA) is 148 Å². The molecule has 2 aliphatic rings. The SMILES string of the molecule is COc1ccc(-c2cc3c(N[C@@H]4CN(C(=O)C5(C#N)CC5)C[C@H]4OC)c(C(N)=O)cnn3c2)cn1. The van der Waals surface area contributed by atoms with Crippen molar-refractivity contribution in [3.05, 3.63) is 42.4 Å². The average Bonchev–Trinajstić information content (AvgIpc) is 3.38. The maximum Gasteiger partial charge on any atom is 0.252 e. The number of anilines is 1. The smallest absolute Gasteiger partial charge is 0.252 e. The summed E-state index contributed by atoms with van der Waals surface area (Å²) >= 11 is 0. The van der Waals surface area contributed by atoms with E-state index in [2.05, 4.69) is 21.5 Å². The first-order chi connectivity index (χ1) is 16.9.